The van der Waals surface area contributed by atoms with Crippen molar-refractivity contribution in [3.63, 3.8) is 0 Å². The molecular weight excluding hydrogens is 184 g/mol. The fraction of sp³-hybridized carbons (Fsp3) is 1.00. The molecule has 1 saturated heterocycles. The minimum absolute atomic E-state index is 0.279. The molecule has 2 fully saturated rings. The van der Waals surface area contributed by atoms with Gasteiger partial charge in [-0.25, -0.2) is 0 Å². The van der Waals surface area contributed by atoms with Crippen LogP contribution in [0.2, 0.25) is 0 Å². The summed E-state index contributed by atoms with van der Waals surface area (Å²) in [5, 5.41) is 19.6. The first-order chi connectivity index (χ1) is 6.58. The first-order valence-electron chi connectivity index (χ1n) is 5.09. The van der Waals surface area contributed by atoms with E-state index in [-0.39, 0.29) is 6.04 Å². The number of nitrogens with two attached hydrogens (primary N) is 2. The van der Waals surface area contributed by atoms with E-state index in [1.54, 1.807) is 0 Å². The maximum atomic E-state index is 9.93. The highest BCUT2D eigenvalue weighted by atomic mass is 16.5. The SMILES string of the molecule is NC1CC(N)C2(CCCO2)C(O)C1O. The molecule has 5 nitrogen and oxygen atoms in total. The van der Waals surface area contributed by atoms with Crippen molar-refractivity contribution < 1.29 is 14.9 Å². The van der Waals surface area contributed by atoms with Gasteiger partial charge in [-0.1, -0.05) is 0 Å². The highest BCUT2D eigenvalue weighted by molar-refractivity contribution is 5.09. The van der Waals surface area contributed by atoms with Crippen LogP contribution in [0.5, 0.6) is 0 Å². The Labute approximate surface area is 83.0 Å². The lowest BCUT2D eigenvalue weighted by atomic mass is 9.73. The largest absolute Gasteiger partial charge is 0.389 e. The average Bonchev–Trinajstić information content (AvgIpc) is 2.63. The number of hydrogen-bond donors (Lipinski definition) is 4. The molecule has 0 aromatic rings. The third kappa shape index (κ3) is 1.28. The van der Waals surface area contributed by atoms with Crippen molar-refractivity contribution in [3.05, 3.63) is 0 Å². The van der Waals surface area contributed by atoms with Gasteiger partial charge in [0.15, 0.2) is 0 Å². The van der Waals surface area contributed by atoms with E-state index in [1.807, 2.05) is 0 Å². The highest BCUT2D eigenvalue weighted by Gasteiger charge is 2.54. The van der Waals surface area contributed by atoms with Gasteiger partial charge in [0.1, 0.15) is 11.7 Å². The number of hydrogen-bond acceptors (Lipinski definition) is 5. The third-order valence-corrected chi connectivity index (χ3v) is 3.50. The molecule has 1 spiro atoms. The minimum Gasteiger partial charge on any atom is -0.389 e. The van der Waals surface area contributed by atoms with E-state index in [4.69, 9.17) is 16.2 Å². The van der Waals surface area contributed by atoms with Crippen molar-refractivity contribution >= 4 is 0 Å². The normalized spacial score (nSPS) is 54.0. The summed E-state index contributed by atoms with van der Waals surface area (Å²) < 4.78 is 5.53. The Morgan fingerprint density at radius 1 is 1.29 bits per heavy atom. The number of ether oxygens (including phenoxy) is 1. The lowest BCUT2D eigenvalue weighted by molar-refractivity contribution is -0.171. The molecule has 6 N–H and O–H groups in total. The van der Waals surface area contributed by atoms with Gasteiger partial charge >= 0.3 is 0 Å². The van der Waals surface area contributed by atoms with Crippen LogP contribution < -0.4 is 11.5 Å². The van der Waals surface area contributed by atoms with E-state index in [9.17, 15) is 10.2 Å². The van der Waals surface area contributed by atoms with Crippen LogP contribution in [-0.2, 0) is 4.74 Å². The van der Waals surface area contributed by atoms with Crippen LogP contribution in [0, 0.1) is 0 Å². The van der Waals surface area contributed by atoms with Crippen LogP contribution in [-0.4, -0.2) is 46.7 Å². The molecule has 0 bridgehead atoms. The maximum Gasteiger partial charge on any atom is 0.112 e. The molecule has 1 aliphatic carbocycles. The molecule has 5 unspecified atom stereocenters. The fourth-order valence-electron chi connectivity index (χ4n) is 2.58. The third-order valence-electron chi connectivity index (χ3n) is 3.50. The second-order valence-corrected chi connectivity index (χ2v) is 4.35. The van der Waals surface area contributed by atoms with Crippen molar-refractivity contribution in [2.75, 3.05) is 6.61 Å². The summed E-state index contributed by atoms with van der Waals surface area (Å²) in [7, 11) is 0. The van der Waals surface area contributed by atoms with Gasteiger partial charge in [0.05, 0.1) is 6.10 Å². The van der Waals surface area contributed by atoms with Crippen LogP contribution >= 0.6 is 0 Å². The number of aliphatic hydroxyl groups excluding tert-OH is 2. The summed E-state index contributed by atoms with van der Waals surface area (Å²) in [5.74, 6) is 0. The zero-order valence-electron chi connectivity index (χ0n) is 8.10. The molecule has 0 radical (unpaired) electrons. The van der Waals surface area contributed by atoms with Crippen molar-refractivity contribution in [1.82, 2.24) is 0 Å². The van der Waals surface area contributed by atoms with Crippen molar-refractivity contribution in [2.24, 2.45) is 11.5 Å². The zero-order valence-corrected chi connectivity index (χ0v) is 8.10. The van der Waals surface area contributed by atoms with Crippen LogP contribution in [0.25, 0.3) is 0 Å². The summed E-state index contributed by atoms with van der Waals surface area (Å²) in [6.07, 6.45) is 0.209. The molecular formula is C9H18N2O3. The van der Waals surface area contributed by atoms with Crippen LogP contribution in [0.15, 0.2) is 0 Å². The standard InChI is InChI=1S/C9H18N2O3/c10-5-4-6(11)9(2-1-3-14-9)8(13)7(5)12/h5-8,12-13H,1-4,10-11H2. The second kappa shape index (κ2) is 3.43. The smallest absolute Gasteiger partial charge is 0.112 e. The molecule has 82 valence electrons. The predicted octanol–water partition coefficient (Wildman–Crippen LogP) is -1.68. The Kier molecular flexibility index (Phi) is 2.53. The Morgan fingerprint density at radius 2 is 2.00 bits per heavy atom. The first-order valence-corrected chi connectivity index (χ1v) is 5.09. The van der Waals surface area contributed by atoms with E-state index in [0.29, 0.717) is 19.4 Å². The van der Waals surface area contributed by atoms with Gasteiger partial charge in [-0.15, -0.1) is 0 Å². The topological polar surface area (TPSA) is 102 Å². The van der Waals surface area contributed by atoms with Crippen molar-refractivity contribution in [2.45, 2.75) is 49.2 Å². The van der Waals surface area contributed by atoms with Gasteiger partial charge in [-0.2, -0.15) is 0 Å². The summed E-state index contributed by atoms with van der Waals surface area (Å²) in [6.45, 7) is 0.604. The van der Waals surface area contributed by atoms with Gasteiger partial charge in [-0.05, 0) is 19.3 Å². The Bertz CT molecular complexity index is 218. The molecule has 1 aliphatic heterocycles. The predicted molar refractivity (Wildman–Crippen MR) is 50.5 cm³/mol. The summed E-state index contributed by atoms with van der Waals surface area (Å²) in [5.41, 5.74) is 10.9. The average molecular weight is 202 g/mol. The van der Waals surface area contributed by atoms with Gasteiger partial charge in [0.25, 0.3) is 0 Å². The van der Waals surface area contributed by atoms with Crippen molar-refractivity contribution in [1.29, 1.82) is 0 Å². The quantitative estimate of drug-likeness (QED) is 0.375. The van der Waals surface area contributed by atoms with Gasteiger partial charge < -0.3 is 26.4 Å². The molecule has 1 heterocycles. The lowest BCUT2D eigenvalue weighted by Crippen LogP contribution is -2.68. The molecule has 0 amide bonds. The molecule has 0 aromatic heterocycles. The van der Waals surface area contributed by atoms with Gasteiger partial charge in [0, 0.05) is 18.7 Å². The highest BCUT2D eigenvalue weighted by Crippen LogP contribution is 2.38. The van der Waals surface area contributed by atoms with E-state index in [2.05, 4.69) is 0 Å². The fourth-order valence-corrected chi connectivity index (χ4v) is 2.58. The molecule has 2 aliphatic rings. The molecule has 1 saturated carbocycles. The first kappa shape index (κ1) is 10.3. The Morgan fingerprint density at radius 3 is 2.57 bits per heavy atom. The van der Waals surface area contributed by atoms with Crippen LogP contribution in [0.4, 0.5) is 0 Å². The Hall–Kier alpha value is -0.200. The van der Waals surface area contributed by atoms with Gasteiger partial charge in [0.2, 0.25) is 0 Å². The summed E-state index contributed by atoms with van der Waals surface area (Å²) in [6, 6.07) is -0.728. The zero-order chi connectivity index (χ0) is 10.3. The second-order valence-electron chi connectivity index (χ2n) is 4.35. The molecule has 5 atom stereocenters. The molecule has 5 heteroatoms. The van der Waals surface area contributed by atoms with Crippen LogP contribution in [0.1, 0.15) is 19.3 Å². The minimum atomic E-state index is -0.955. The molecule has 0 aromatic carbocycles. The summed E-state index contributed by atoms with van der Waals surface area (Å²) >= 11 is 0. The van der Waals surface area contributed by atoms with E-state index >= 15 is 0 Å². The molecule has 2 rings (SSSR count). The van der Waals surface area contributed by atoms with E-state index < -0.39 is 23.9 Å². The summed E-state index contributed by atoms with van der Waals surface area (Å²) in [4.78, 5) is 0. The number of aliphatic hydroxyl groups is 2. The monoisotopic (exact) mass is 202 g/mol. The molecule has 14 heavy (non-hydrogen) atoms. The van der Waals surface area contributed by atoms with E-state index in [0.717, 1.165) is 6.42 Å². The number of rotatable bonds is 0. The van der Waals surface area contributed by atoms with Gasteiger partial charge in [-0.3, -0.25) is 0 Å². The maximum absolute atomic E-state index is 9.93. The van der Waals surface area contributed by atoms with Crippen LogP contribution in [0.3, 0.4) is 0 Å². The van der Waals surface area contributed by atoms with E-state index in [1.165, 1.54) is 0 Å². The van der Waals surface area contributed by atoms with Crippen molar-refractivity contribution in [3.8, 4) is 0 Å². The Balaban J connectivity index is 2.22. The lowest BCUT2D eigenvalue weighted by Gasteiger charge is -2.47.